The fourth-order valence-electron chi connectivity index (χ4n) is 2.73. The number of hydrogen-bond acceptors (Lipinski definition) is 7. The molecule has 15 heteroatoms. The highest BCUT2D eigenvalue weighted by atomic mass is 79.9. The average molecular weight is 605 g/mol. The number of carboxylic acid groups (broad SMARTS) is 2. The van der Waals surface area contributed by atoms with Gasteiger partial charge in [-0.25, -0.2) is 4.98 Å². The number of aromatic nitrogens is 3. The van der Waals surface area contributed by atoms with Gasteiger partial charge < -0.3 is 30.5 Å². The summed E-state index contributed by atoms with van der Waals surface area (Å²) in [7, 11) is 0. The van der Waals surface area contributed by atoms with Crippen LogP contribution in [0.4, 0.5) is 26.3 Å². The van der Waals surface area contributed by atoms with Gasteiger partial charge in [0.2, 0.25) is 0 Å². The van der Waals surface area contributed by atoms with E-state index in [1.807, 2.05) is 42.5 Å². The molecule has 2 aromatic heterocycles. The van der Waals surface area contributed by atoms with E-state index in [1.54, 1.807) is 12.4 Å². The van der Waals surface area contributed by atoms with Crippen LogP contribution in [0.1, 0.15) is 17.4 Å². The van der Waals surface area contributed by atoms with Crippen molar-refractivity contribution in [3.63, 3.8) is 0 Å². The Morgan fingerprint density at radius 1 is 0.842 bits per heavy atom. The number of alkyl halides is 6. The molecule has 4 aromatic rings. The average Bonchev–Trinajstić information content (AvgIpc) is 3.28. The fraction of sp³-hybridized carbons (Fsp3) is 0.130. The molecule has 0 saturated carbocycles. The summed E-state index contributed by atoms with van der Waals surface area (Å²) in [4.78, 5) is 29.6. The molecule has 1 atom stereocenters. The minimum Gasteiger partial charge on any atom is -0.542 e. The zero-order chi connectivity index (χ0) is 28.7. The summed E-state index contributed by atoms with van der Waals surface area (Å²) in [6.45, 7) is 0. The first-order valence-corrected chi connectivity index (χ1v) is 10.9. The van der Waals surface area contributed by atoms with Crippen molar-refractivity contribution in [1.82, 2.24) is 15.0 Å². The largest absolute Gasteiger partial charge is 0.542 e. The Labute approximate surface area is 218 Å². The Balaban J connectivity index is 0.000000301. The number of fused-ring (bicyclic) bond motifs is 1. The zero-order valence-corrected chi connectivity index (χ0v) is 20.3. The molecule has 0 aliphatic heterocycles. The second-order valence-electron chi connectivity index (χ2n) is 7.19. The van der Waals surface area contributed by atoms with Crippen LogP contribution < -0.4 is 15.9 Å². The van der Waals surface area contributed by atoms with Crippen LogP contribution >= 0.6 is 15.9 Å². The Bertz CT molecular complexity index is 1350. The number of carbonyl (C=O) groups excluding carboxylic acids is 2. The third kappa shape index (κ3) is 8.85. The smallest absolute Gasteiger partial charge is 0.430 e. The van der Waals surface area contributed by atoms with Crippen LogP contribution in [-0.4, -0.2) is 39.2 Å². The van der Waals surface area contributed by atoms with Crippen LogP contribution in [0.5, 0.6) is 0 Å². The zero-order valence-electron chi connectivity index (χ0n) is 18.7. The third-order valence-corrected chi connectivity index (χ3v) is 5.03. The Hall–Kier alpha value is -3.98. The van der Waals surface area contributed by atoms with E-state index in [-0.39, 0.29) is 6.04 Å². The van der Waals surface area contributed by atoms with E-state index < -0.39 is 24.3 Å². The van der Waals surface area contributed by atoms with Crippen molar-refractivity contribution in [3.8, 4) is 11.1 Å². The van der Waals surface area contributed by atoms with E-state index in [9.17, 15) is 26.3 Å². The number of benzene rings is 2. The molecule has 0 radical (unpaired) electrons. The molecule has 0 spiro atoms. The van der Waals surface area contributed by atoms with Crippen molar-refractivity contribution in [2.45, 2.75) is 18.4 Å². The topological polar surface area (TPSA) is 148 Å². The lowest BCUT2D eigenvalue weighted by Gasteiger charge is -2.08. The molecule has 1 unspecified atom stereocenters. The van der Waals surface area contributed by atoms with E-state index >= 15 is 0 Å². The number of carbonyl (C=O) groups is 2. The Morgan fingerprint density at radius 2 is 1.34 bits per heavy atom. The van der Waals surface area contributed by atoms with E-state index in [0.29, 0.717) is 0 Å². The molecule has 38 heavy (non-hydrogen) atoms. The minimum atomic E-state index is -5.19. The number of halogens is 7. The van der Waals surface area contributed by atoms with Gasteiger partial charge in [0.1, 0.15) is 17.8 Å². The molecule has 0 amide bonds. The number of aliphatic carboxylic acids is 2. The first kappa shape index (κ1) is 30.2. The lowest BCUT2D eigenvalue weighted by Crippen LogP contribution is -2.37. The SMILES string of the molecule is NC(c1ccc(Br)cc1)c1nc2ccc(-c3ccncc3)cc2[nH]1.O=C([O-])C(F)(F)F.O=C([O-])C(F)(F)F. The maximum absolute atomic E-state index is 10.5. The number of hydrogen-bond donors (Lipinski definition) is 2. The first-order valence-electron chi connectivity index (χ1n) is 10.1. The van der Waals surface area contributed by atoms with E-state index in [2.05, 4.69) is 43.0 Å². The molecular formula is C23H15BrF6N4O4-2. The molecule has 0 saturated heterocycles. The summed E-state index contributed by atoms with van der Waals surface area (Å²) in [6, 6.07) is 17.9. The number of rotatable bonds is 3. The highest BCUT2D eigenvalue weighted by Crippen LogP contribution is 2.26. The van der Waals surface area contributed by atoms with Crippen LogP contribution in [0.2, 0.25) is 0 Å². The van der Waals surface area contributed by atoms with Gasteiger partial charge in [0.25, 0.3) is 0 Å². The molecule has 3 N–H and O–H groups in total. The minimum absolute atomic E-state index is 0.283. The van der Waals surface area contributed by atoms with Gasteiger partial charge in [-0.3, -0.25) is 4.98 Å². The second-order valence-corrected chi connectivity index (χ2v) is 8.11. The molecule has 0 aliphatic rings. The second kappa shape index (κ2) is 12.5. The fourth-order valence-corrected chi connectivity index (χ4v) is 2.99. The summed E-state index contributed by atoms with van der Waals surface area (Å²) in [6.07, 6.45) is -6.80. The normalized spacial score (nSPS) is 12.0. The third-order valence-electron chi connectivity index (χ3n) is 4.50. The molecule has 8 nitrogen and oxygen atoms in total. The number of pyridine rings is 1. The summed E-state index contributed by atoms with van der Waals surface area (Å²) in [5, 5.41) is 17.6. The standard InChI is InChI=1S/C19H15BrN4.2C2HF3O2/c20-15-4-1-13(2-5-15)18(21)19-23-16-6-3-14(11-17(16)24-19)12-7-9-22-10-8-12;2*3-2(4,5)1(6)7/h1-11,18H,21H2,(H,23,24);2*(H,6,7)/p-2. The van der Waals surface area contributed by atoms with E-state index in [0.717, 1.165) is 38.0 Å². The van der Waals surface area contributed by atoms with Gasteiger partial charge in [-0.05, 0) is 53.1 Å². The number of nitrogens with one attached hydrogen (secondary N) is 1. The van der Waals surface area contributed by atoms with Crippen LogP contribution in [0, 0.1) is 0 Å². The van der Waals surface area contributed by atoms with Crippen LogP contribution in [-0.2, 0) is 9.59 Å². The lowest BCUT2D eigenvalue weighted by molar-refractivity contribution is -0.344. The van der Waals surface area contributed by atoms with Gasteiger partial charge in [0, 0.05) is 16.9 Å². The maximum atomic E-state index is 10.5. The molecular weight excluding hydrogens is 590 g/mol. The van der Waals surface area contributed by atoms with Crippen LogP contribution in [0.15, 0.2) is 71.5 Å². The number of H-pyrrole nitrogens is 1. The maximum Gasteiger partial charge on any atom is 0.430 e. The number of imidazole rings is 1. The molecule has 202 valence electrons. The number of nitrogens with zero attached hydrogens (tertiary/aromatic N) is 2. The molecule has 4 rings (SSSR count). The van der Waals surface area contributed by atoms with E-state index in [4.69, 9.17) is 25.5 Å². The quantitative estimate of drug-likeness (QED) is 0.341. The predicted octanol–water partition coefficient (Wildman–Crippen LogP) is 3.03. The van der Waals surface area contributed by atoms with Crippen LogP contribution in [0.3, 0.4) is 0 Å². The molecule has 2 aromatic carbocycles. The summed E-state index contributed by atoms with van der Waals surface area (Å²) < 4.78 is 64.1. The number of nitrogens with two attached hydrogens (primary N) is 1. The van der Waals surface area contributed by atoms with Gasteiger partial charge >= 0.3 is 12.4 Å². The first-order chi connectivity index (χ1) is 17.6. The van der Waals surface area contributed by atoms with Crippen LogP contribution in [0.25, 0.3) is 22.2 Å². The van der Waals surface area contributed by atoms with Gasteiger partial charge in [-0.15, -0.1) is 0 Å². The molecule has 0 bridgehead atoms. The Morgan fingerprint density at radius 3 is 1.82 bits per heavy atom. The van der Waals surface area contributed by atoms with Crippen molar-refractivity contribution < 1.29 is 46.1 Å². The van der Waals surface area contributed by atoms with Crippen molar-refractivity contribution in [2.75, 3.05) is 0 Å². The van der Waals surface area contributed by atoms with Gasteiger partial charge in [-0.2, -0.15) is 26.3 Å². The highest BCUT2D eigenvalue weighted by Gasteiger charge is 2.29. The van der Waals surface area contributed by atoms with Gasteiger partial charge in [0.15, 0.2) is 0 Å². The molecule has 0 fully saturated rings. The van der Waals surface area contributed by atoms with Crippen molar-refractivity contribution in [3.05, 3.63) is 82.9 Å². The number of carboxylic acids is 2. The Kier molecular flexibility index (Phi) is 9.96. The van der Waals surface area contributed by atoms with Crippen molar-refractivity contribution >= 4 is 38.9 Å². The molecule has 0 aliphatic carbocycles. The van der Waals surface area contributed by atoms with Crippen molar-refractivity contribution in [2.24, 2.45) is 5.73 Å². The van der Waals surface area contributed by atoms with Gasteiger partial charge in [-0.1, -0.05) is 34.1 Å². The lowest BCUT2D eigenvalue weighted by atomic mass is 10.1. The molecule has 2 heterocycles. The summed E-state index contributed by atoms with van der Waals surface area (Å²) in [5.74, 6) is -5.25. The monoisotopic (exact) mass is 604 g/mol. The van der Waals surface area contributed by atoms with Crippen molar-refractivity contribution in [1.29, 1.82) is 0 Å². The predicted molar refractivity (Wildman–Crippen MR) is 122 cm³/mol. The highest BCUT2D eigenvalue weighted by molar-refractivity contribution is 9.10. The summed E-state index contributed by atoms with van der Waals surface area (Å²) >= 11 is 3.44. The van der Waals surface area contributed by atoms with Gasteiger partial charge in [0.05, 0.1) is 17.1 Å². The summed E-state index contributed by atoms with van der Waals surface area (Å²) in [5.41, 5.74) is 11.5. The van der Waals surface area contributed by atoms with E-state index in [1.165, 1.54) is 0 Å². The number of aromatic amines is 1.